The fourth-order valence-corrected chi connectivity index (χ4v) is 1.07. The molecule has 0 saturated heterocycles. The number of halogens is 1. The molecule has 1 atom stereocenters. The molecule has 0 aliphatic heterocycles. The molecule has 0 unspecified atom stereocenters. The van der Waals surface area contributed by atoms with Gasteiger partial charge in [0.25, 0.3) is 0 Å². The molecule has 3 heteroatoms. The van der Waals surface area contributed by atoms with Crippen molar-refractivity contribution in [3.8, 4) is 0 Å². The number of rotatable bonds is 6. The highest BCUT2D eigenvalue weighted by molar-refractivity contribution is 5.13. The summed E-state index contributed by atoms with van der Waals surface area (Å²) in [6.07, 6.45) is -0.908. The van der Waals surface area contributed by atoms with Crippen molar-refractivity contribution in [2.24, 2.45) is 0 Å². The van der Waals surface area contributed by atoms with Gasteiger partial charge in [-0.15, -0.1) is 0 Å². The van der Waals surface area contributed by atoms with Crippen molar-refractivity contribution < 1.29 is 14.2 Å². The Bertz CT molecular complexity index is 238. The summed E-state index contributed by atoms with van der Waals surface area (Å²) in [4.78, 5) is 0. The summed E-state index contributed by atoms with van der Waals surface area (Å²) in [5.74, 6) is 0. The zero-order valence-electron chi connectivity index (χ0n) is 8.03. The summed E-state index contributed by atoms with van der Waals surface area (Å²) in [5.41, 5.74) is 1.08. The monoisotopic (exact) mass is 198 g/mol. The van der Waals surface area contributed by atoms with Crippen LogP contribution < -0.4 is 0 Å². The van der Waals surface area contributed by atoms with E-state index in [-0.39, 0.29) is 6.42 Å². The summed E-state index contributed by atoms with van der Waals surface area (Å²) >= 11 is 0. The fraction of sp³-hybridized carbons (Fsp3) is 0.455. The molecule has 0 amide bonds. The van der Waals surface area contributed by atoms with Crippen LogP contribution in [0.5, 0.6) is 0 Å². The highest BCUT2D eigenvalue weighted by Gasteiger charge is 2.03. The molecule has 1 rings (SSSR count). The maximum absolute atomic E-state index is 12.5. The van der Waals surface area contributed by atoms with Gasteiger partial charge in [-0.2, -0.15) is 0 Å². The predicted molar refractivity (Wildman–Crippen MR) is 52.7 cm³/mol. The number of aliphatic hydroxyl groups is 1. The fourth-order valence-electron chi connectivity index (χ4n) is 1.07. The Morgan fingerprint density at radius 2 is 2.00 bits per heavy atom. The lowest BCUT2D eigenvalue weighted by Crippen LogP contribution is -2.09. The standard InChI is InChI=1S/C11H15FO2/c12-11(8-13)6-7-14-9-10-4-2-1-3-5-10/h1-5,11,13H,6-9H2/t11-/m0/s1. The van der Waals surface area contributed by atoms with Gasteiger partial charge in [0.15, 0.2) is 0 Å². The number of alkyl halides is 1. The number of hydrogen-bond acceptors (Lipinski definition) is 2. The van der Waals surface area contributed by atoms with Gasteiger partial charge in [0, 0.05) is 13.0 Å². The number of benzene rings is 1. The van der Waals surface area contributed by atoms with Crippen LogP contribution in [0.15, 0.2) is 30.3 Å². The van der Waals surface area contributed by atoms with Crippen LogP contribution in [-0.2, 0) is 11.3 Å². The second-order valence-electron chi connectivity index (χ2n) is 3.11. The summed E-state index contributed by atoms with van der Waals surface area (Å²) in [5, 5.41) is 8.42. The molecule has 0 aliphatic carbocycles. The molecule has 1 N–H and O–H groups in total. The van der Waals surface area contributed by atoms with Gasteiger partial charge < -0.3 is 9.84 Å². The molecule has 0 aliphatic rings. The van der Waals surface area contributed by atoms with Crippen molar-refractivity contribution >= 4 is 0 Å². The molecular weight excluding hydrogens is 183 g/mol. The van der Waals surface area contributed by atoms with Crippen LogP contribution >= 0.6 is 0 Å². The molecule has 0 spiro atoms. The molecule has 1 aromatic carbocycles. The number of hydrogen-bond donors (Lipinski definition) is 1. The second kappa shape index (κ2) is 6.51. The number of aliphatic hydroxyl groups excluding tert-OH is 1. The largest absolute Gasteiger partial charge is 0.393 e. The first kappa shape index (κ1) is 11.1. The maximum Gasteiger partial charge on any atom is 0.125 e. The number of ether oxygens (including phenoxy) is 1. The van der Waals surface area contributed by atoms with Crippen LogP contribution in [0.4, 0.5) is 4.39 Å². The van der Waals surface area contributed by atoms with E-state index in [0.29, 0.717) is 13.2 Å². The summed E-state index contributed by atoms with van der Waals surface area (Å²) < 4.78 is 17.8. The Morgan fingerprint density at radius 3 is 2.64 bits per heavy atom. The Morgan fingerprint density at radius 1 is 1.29 bits per heavy atom. The van der Waals surface area contributed by atoms with E-state index in [1.54, 1.807) is 0 Å². The van der Waals surface area contributed by atoms with E-state index in [2.05, 4.69) is 0 Å². The van der Waals surface area contributed by atoms with E-state index >= 15 is 0 Å². The average molecular weight is 198 g/mol. The smallest absolute Gasteiger partial charge is 0.125 e. The molecule has 0 radical (unpaired) electrons. The molecule has 0 heterocycles. The van der Waals surface area contributed by atoms with Crippen LogP contribution in [-0.4, -0.2) is 24.5 Å². The topological polar surface area (TPSA) is 29.5 Å². The zero-order valence-corrected chi connectivity index (χ0v) is 8.03. The normalized spacial score (nSPS) is 12.7. The quantitative estimate of drug-likeness (QED) is 0.708. The third-order valence-corrected chi connectivity index (χ3v) is 1.89. The van der Waals surface area contributed by atoms with Crippen LogP contribution in [0.3, 0.4) is 0 Å². The van der Waals surface area contributed by atoms with Gasteiger partial charge in [-0.05, 0) is 5.56 Å². The Hall–Kier alpha value is -0.930. The molecule has 0 fully saturated rings. The molecule has 0 aromatic heterocycles. The summed E-state index contributed by atoms with van der Waals surface area (Å²) in [6, 6.07) is 9.72. The molecule has 1 aromatic rings. The van der Waals surface area contributed by atoms with E-state index in [4.69, 9.17) is 9.84 Å². The highest BCUT2D eigenvalue weighted by Crippen LogP contribution is 2.02. The van der Waals surface area contributed by atoms with Gasteiger partial charge >= 0.3 is 0 Å². The van der Waals surface area contributed by atoms with Crippen LogP contribution in [0.25, 0.3) is 0 Å². The van der Waals surface area contributed by atoms with Crippen molar-refractivity contribution in [3.05, 3.63) is 35.9 Å². The van der Waals surface area contributed by atoms with Gasteiger partial charge in [-0.25, -0.2) is 4.39 Å². The lowest BCUT2D eigenvalue weighted by molar-refractivity contribution is 0.0825. The Balaban J connectivity index is 2.10. The third kappa shape index (κ3) is 4.35. The van der Waals surface area contributed by atoms with E-state index in [9.17, 15) is 4.39 Å². The molecule has 78 valence electrons. The molecular formula is C11H15FO2. The van der Waals surface area contributed by atoms with E-state index in [1.165, 1.54) is 0 Å². The van der Waals surface area contributed by atoms with Crippen molar-refractivity contribution in [1.29, 1.82) is 0 Å². The van der Waals surface area contributed by atoms with E-state index < -0.39 is 12.8 Å². The Labute approximate surface area is 83.3 Å². The Kier molecular flexibility index (Phi) is 5.19. The minimum absolute atomic E-state index is 0.253. The third-order valence-electron chi connectivity index (χ3n) is 1.89. The molecule has 14 heavy (non-hydrogen) atoms. The zero-order chi connectivity index (χ0) is 10.2. The van der Waals surface area contributed by atoms with Crippen molar-refractivity contribution in [3.63, 3.8) is 0 Å². The molecule has 0 bridgehead atoms. The minimum atomic E-state index is -1.16. The predicted octanol–water partition coefficient (Wildman–Crippen LogP) is 1.92. The van der Waals surface area contributed by atoms with Crippen molar-refractivity contribution in [1.82, 2.24) is 0 Å². The van der Waals surface area contributed by atoms with E-state index in [1.807, 2.05) is 30.3 Å². The van der Waals surface area contributed by atoms with Crippen molar-refractivity contribution in [2.75, 3.05) is 13.2 Å². The minimum Gasteiger partial charge on any atom is -0.393 e. The first-order valence-corrected chi connectivity index (χ1v) is 4.69. The highest BCUT2D eigenvalue weighted by atomic mass is 19.1. The second-order valence-corrected chi connectivity index (χ2v) is 3.11. The van der Waals surface area contributed by atoms with Gasteiger partial charge in [0.05, 0.1) is 13.2 Å². The lowest BCUT2D eigenvalue weighted by atomic mass is 10.2. The summed E-state index contributed by atoms with van der Waals surface area (Å²) in [7, 11) is 0. The van der Waals surface area contributed by atoms with Crippen LogP contribution in [0.1, 0.15) is 12.0 Å². The first-order chi connectivity index (χ1) is 6.83. The maximum atomic E-state index is 12.5. The lowest BCUT2D eigenvalue weighted by Gasteiger charge is -2.05. The SMILES string of the molecule is OC[C@@H](F)CCOCc1ccccc1. The van der Waals surface area contributed by atoms with Gasteiger partial charge in [0.1, 0.15) is 6.17 Å². The van der Waals surface area contributed by atoms with E-state index in [0.717, 1.165) is 5.56 Å². The summed E-state index contributed by atoms with van der Waals surface area (Å²) in [6.45, 7) is 0.421. The van der Waals surface area contributed by atoms with Crippen LogP contribution in [0, 0.1) is 0 Å². The van der Waals surface area contributed by atoms with Gasteiger partial charge in [-0.3, -0.25) is 0 Å². The van der Waals surface area contributed by atoms with Gasteiger partial charge in [0.2, 0.25) is 0 Å². The molecule has 0 saturated carbocycles. The van der Waals surface area contributed by atoms with Crippen molar-refractivity contribution in [2.45, 2.75) is 19.2 Å². The molecule has 2 nitrogen and oxygen atoms in total. The van der Waals surface area contributed by atoms with Gasteiger partial charge in [-0.1, -0.05) is 30.3 Å². The van der Waals surface area contributed by atoms with Crippen LogP contribution in [0.2, 0.25) is 0 Å². The average Bonchev–Trinajstić information content (AvgIpc) is 2.25. The first-order valence-electron chi connectivity index (χ1n) is 4.69.